The van der Waals surface area contributed by atoms with Crippen LogP contribution in [0.25, 0.3) is 96.5 Å². The molecule has 5 heterocycles. The third-order valence-corrected chi connectivity index (χ3v) is 18.6. The van der Waals surface area contributed by atoms with Crippen LogP contribution in [0.4, 0.5) is 0 Å². The highest BCUT2D eigenvalue weighted by molar-refractivity contribution is 6.06. The van der Waals surface area contributed by atoms with Crippen molar-refractivity contribution in [1.82, 2.24) is 19.9 Å². The molecule has 10 rings (SSSR count). The van der Waals surface area contributed by atoms with Gasteiger partial charge in [0.2, 0.25) is 0 Å². The minimum absolute atomic E-state index is 0.161. The Morgan fingerprint density at radius 2 is 0.656 bits per heavy atom. The number of aliphatic carboxylic acids is 1. The average Bonchev–Trinajstić information content (AvgIpc) is 1.65. The van der Waals surface area contributed by atoms with Crippen molar-refractivity contribution in [2.24, 2.45) is 0 Å². The van der Waals surface area contributed by atoms with Gasteiger partial charge in [-0.05, 0) is 170 Å². The zero-order chi connectivity index (χ0) is 68.2. The van der Waals surface area contributed by atoms with Gasteiger partial charge in [0.05, 0.1) is 22.8 Å². The number of carboxylic acids is 1. The second kappa shape index (κ2) is 23.4. The van der Waals surface area contributed by atoms with Crippen LogP contribution in [0, 0.1) is 11.3 Å². The summed E-state index contributed by atoms with van der Waals surface area (Å²) in [6.07, 6.45) is 8.14. The molecule has 2 aliphatic heterocycles. The van der Waals surface area contributed by atoms with Gasteiger partial charge in [0, 0.05) is 49.9 Å². The molecule has 7 nitrogen and oxygen atoms in total. The number of nitriles is 1. The third kappa shape index (κ3) is 14.0. The van der Waals surface area contributed by atoms with Gasteiger partial charge in [-0.1, -0.05) is 263 Å². The number of H-pyrrole nitrogens is 2. The van der Waals surface area contributed by atoms with Crippen molar-refractivity contribution in [2.45, 2.75) is 209 Å². The van der Waals surface area contributed by atoms with Crippen LogP contribution in [-0.2, 0) is 48.1 Å². The molecule has 3 N–H and O–H groups in total. The first-order valence-corrected chi connectivity index (χ1v) is 33.2. The number of rotatable bonds is 7. The van der Waals surface area contributed by atoms with E-state index in [0.29, 0.717) is 5.56 Å². The lowest BCUT2D eigenvalue weighted by Crippen LogP contribution is -2.16. The van der Waals surface area contributed by atoms with Gasteiger partial charge in [-0.2, -0.15) is 5.26 Å². The van der Waals surface area contributed by atoms with Gasteiger partial charge in [0.15, 0.2) is 0 Å². The molecule has 0 unspecified atom stereocenters. The van der Waals surface area contributed by atoms with E-state index < -0.39 is 5.97 Å². The summed E-state index contributed by atoms with van der Waals surface area (Å²) in [7, 11) is 0. The predicted octanol–water partition coefficient (Wildman–Crippen LogP) is 23.1. The van der Waals surface area contributed by atoms with Crippen LogP contribution in [-0.4, -0.2) is 31.0 Å². The number of nitrogens with one attached hydrogen (secondary N) is 2. The summed E-state index contributed by atoms with van der Waals surface area (Å²) in [6.45, 7) is 55.0. The van der Waals surface area contributed by atoms with Crippen LogP contribution in [0.3, 0.4) is 0 Å². The molecule has 0 atom stereocenters. The normalized spacial score (nSPS) is 13.8. The van der Waals surface area contributed by atoms with Crippen molar-refractivity contribution in [3.05, 3.63) is 205 Å². The number of aromatic nitrogens is 4. The summed E-state index contributed by atoms with van der Waals surface area (Å²) in [6, 6.07) is 47.2. The van der Waals surface area contributed by atoms with Crippen LogP contribution >= 0.6 is 0 Å². The predicted molar refractivity (Wildman–Crippen MR) is 396 cm³/mol. The number of fused-ring (bicyclic) bond motifs is 8. The highest BCUT2D eigenvalue weighted by Crippen LogP contribution is 2.47. The minimum atomic E-state index is -1.27. The van der Waals surface area contributed by atoms with Gasteiger partial charge in [-0.3, -0.25) is 0 Å². The molecule has 0 aliphatic carbocycles. The van der Waals surface area contributed by atoms with E-state index in [9.17, 15) is 15.2 Å². The van der Waals surface area contributed by atoms with Crippen molar-refractivity contribution in [2.75, 3.05) is 0 Å². The molecule has 3 aromatic heterocycles. The number of benzene rings is 5. The smallest absolute Gasteiger partial charge is 0.346 e. The van der Waals surface area contributed by atoms with Crippen LogP contribution in [0.2, 0.25) is 0 Å². The Kier molecular flexibility index (Phi) is 17.0. The average molecular weight is 1230 g/mol. The summed E-state index contributed by atoms with van der Waals surface area (Å²) in [5, 5.41) is 19.9. The Balaban J connectivity index is 1.52. The summed E-state index contributed by atoms with van der Waals surface area (Å²) >= 11 is 0. The van der Waals surface area contributed by atoms with E-state index in [1.165, 1.54) is 50.6 Å². The number of nitrogens with zero attached hydrogens (tertiary/aromatic N) is 3. The van der Waals surface area contributed by atoms with E-state index in [1.807, 2.05) is 30.3 Å². The molecule has 0 radical (unpaired) electrons. The molecule has 0 spiro atoms. The molecule has 0 saturated carbocycles. The van der Waals surface area contributed by atoms with Gasteiger partial charge in [-0.25, -0.2) is 14.8 Å². The zero-order valence-corrected chi connectivity index (χ0v) is 60.1. The van der Waals surface area contributed by atoms with Crippen LogP contribution in [0.5, 0.6) is 0 Å². The number of hydrogen-bond acceptors (Lipinski definition) is 4. The van der Waals surface area contributed by atoms with Gasteiger partial charge < -0.3 is 15.1 Å². The lowest BCUT2D eigenvalue weighted by Gasteiger charge is -2.26. The maximum absolute atomic E-state index is 12.2. The first kappa shape index (κ1) is 67.3. The Labute approximate surface area is 555 Å². The standard InChI is InChI=1S/C86H99N5O2/c1-79(2,3)57-36-52(37-58(44-57)80(4,5)6)73-66-29-30-67(88-66)74(53-38-59(81(7,8)9)45-60(39-53)82(10,11)12)69-33-34-71(90-69)76(55-42-63(85(19,20)21)47-64(43-55)86(22,23)24)77-65(51-27-25-50(26-28-51)35-56(49-87)78(92)93)48-72(91-77)75(70-32-31-68(73)89-70)54-40-61(83(13,14)15)46-62(41-54)84(16,17)18/h25-48,89-90H,1-24H3,(H,92,93)/b56-35+,73-66?,73-68?,74-67?,74-69?,75-70?,75-72?,76-71?,77-76?. The first-order chi connectivity index (χ1) is 42.9. The molecule has 93 heavy (non-hydrogen) atoms. The van der Waals surface area contributed by atoms with E-state index in [-0.39, 0.29) is 48.9 Å². The molecule has 0 amide bonds. The Bertz CT molecular complexity index is 4510. The molecule has 480 valence electrons. The lowest BCUT2D eigenvalue weighted by atomic mass is 9.78. The summed E-state index contributed by atoms with van der Waals surface area (Å²) in [5.74, 6) is -1.27. The summed E-state index contributed by atoms with van der Waals surface area (Å²) in [4.78, 5) is 32.6. The van der Waals surface area contributed by atoms with Crippen molar-refractivity contribution in [3.8, 4) is 50.6 Å². The molecule has 5 aromatic carbocycles. The third-order valence-electron chi connectivity index (χ3n) is 18.6. The molecule has 7 heteroatoms. The molecule has 0 fully saturated rings. The quantitative estimate of drug-likeness (QED) is 0.109. The lowest BCUT2D eigenvalue weighted by molar-refractivity contribution is -0.132. The van der Waals surface area contributed by atoms with Crippen molar-refractivity contribution in [3.63, 3.8) is 0 Å². The number of hydrogen-bond donors (Lipinski definition) is 3. The van der Waals surface area contributed by atoms with Crippen LogP contribution < -0.4 is 0 Å². The van der Waals surface area contributed by atoms with E-state index >= 15 is 0 Å². The maximum atomic E-state index is 12.2. The highest BCUT2D eigenvalue weighted by Gasteiger charge is 2.31. The molecule has 8 bridgehead atoms. The molecular weight excluding hydrogens is 1130 g/mol. The fraction of sp³-hybridized carbons (Fsp3) is 0.372. The van der Waals surface area contributed by atoms with Gasteiger partial charge in [0.1, 0.15) is 11.6 Å². The second-order valence-corrected chi connectivity index (χ2v) is 34.5. The molecular formula is C86H99N5O2. The van der Waals surface area contributed by atoms with Crippen molar-refractivity contribution < 1.29 is 9.90 Å². The highest BCUT2D eigenvalue weighted by atomic mass is 16.4. The Hall–Kier alpha value is -8.60. The Morgan fingerprint density at radius 3 is 0.935 bits per heavy atom. The van der Waals surface area contributed by atoms with Crippen LogP contribution in [0.15, 0.2) is 127 Å². The van der Waals surface area contributed by atoms with E-state index in [0.717, 1.165) is 100 Å². The largest absolute Gasteiger partial charge is 0.477 e. The molecule has 8 aromatic rings. The second-order valence-electron chi connectivity index (χ2n) is 34.5. The molecule has 2 aliphatic rings. The van der Waals surface area contributed by atoms with Gasteiger partial charge >= 0.3 is 5.97 Å². The maximum Gasteiger partial charge on any atom is 0.346 e. The van der Waals surface area contributed by atoms with Crippen molar-refractivity contribution in [1.29, 1.82) is 5.26 Å². The van der Waals surface area contributed by atoms with Gasteiger partial charge in [0.25, 0.3) is 0 Å². The number of carboxylic acid groups (broad SMARTS) is 1. The van der Waals surface area contributed by atoms with Gasteiger partial charge in [-0.15, -0.1) is 0 Å². The van der Waals surface area contributed by atoms with E-state index in [1.54, 1.807) is 0 Å². The monoisotopic (exact) mass is 1230 g/mol. The number of carbonyl (C=O) groups is 1. The SMILES string of the molecule is CC(C)(C)c1cc(-c2c3nc(c(-c4cc(C(C)(C)C)cc(C(C)(C)C)c4)c4ccc([nH]4)c(-c4cc(C(C)(C)C)cc(C(C)(C)C)c4)c4nc(c(-c5cc(C(C)(C)C)cc(C(C)(C)C)c5)c5ccc2[nH]5)C=C4c2ccc(/C=C(\C#N)C(=O)O)cc2)C=C3)cc(C(C)(C)C)c1. The minimum Gasteiger partial charge on any atom is -0.477 e. The number of aromatic amines is 2. The summed E-state index contributed by atoms with van der Waals surface area (Å²) < 4.78 is 0. The molecule has 0 saturated heterocycles. The van der Waals surface area contributed by atoms with E-state index in [2.05, 4.69) is 291 Å². The Morgan fingerprint density at radius 1 is 0.376 bits per heavy atom. The van der Waals surface area contributed by atoms with Crippen molar-refractivity contribution >= 4 is 57.9 Å². The van der Waals surface area contributed by atoms with Crippen LogP contribution in [0.1, 0.15) is 245 Å². The van der Waals surface area contributed by atoms with E-state index in [4.69, 9.17) is 9.97 Å². The fourth-order valence-electron chi connectivity index (χ4n) is 12.3. The first-order valence-electron chi connectivity index (χ1n) is 33.2. The zero-order valence-electron chi connectivity index (χ0n) is 60.1. The summed E-state index contributed by atoms with van der Waals surface area (Å²) in [5.41, 5.74) is 25.3. The topological polar surface area (TPSA) is 118 Å². The fourth-order valence-corrected chi connectivity index (χ4v) is 12.3.